The number of aromatic nitrogens is 6. The fourth-order valence-electron chi connectivity index (χ4n) is 6.52. The van der Waals surface area contributed by atoms with Gasteiger partial charge >= 0.3 is 24.2 Å². The normalized spacial score (nSPS) is 15.9. The van der Waals surface area contributed by atoms with Crippen LogP contribution in [0.5, 0.6) is 0 Å². The lowest BCUT2D eigenvalue weighted by Crippen LogP contribution is -2.39. The molecule has 2 fully saturated rings. The molecule has 0 spiro atoms. The number of Topliss-reactive ketones (excluding diaryl/α,β-unsaturated/α-hetero) is 1. The summed E-state index contributed by atoms with van der Waals surface area (Å²) in [5, 5.41) is 7.89. The summed E-state index contributed by atoms with van der Waals surface area (Å²) in [7, 11) is 0. The Labute approximate surface area is 307 Å². The summed E-state index contributed by atoms with van der Waals surface area (Å²) in [5.74, 6) is -4.15. The zero-order chi connectivity index (χ0) is 39.4. The Morgan fingerprint density at radius 3 is 1.51 bits per heavy atom. The first kappa shape index (κ1) is 39.0. The number of nitrogens with one attached hydrogen (secondary N) is 1. The molecule has 7 rings (SSSR count). The van der Waals surface area contributed by atoms with E-state index in [1.807, 2.05) is 0 Å². The van der Waals surface area contributed by atoms with Crippen molar-refractivity contribution in [2.75, 3.05) is 6.54 Å². The molecule has 3 heterocycles. The Bertz CT molecular complexity index is 2100. The second kappa shape index (κ2) is 15.6. The van der Waals surface area contributed by atoms with E-state index in [4.69, 9.17) is 0 Å². The topological polar surface area (TPSA) is 137 Å². The number of carbonyl (C=O) groups excluding carboxylic acids is 2. The SMILES string of the molecule is Fc1ccc(C2(Cc3ncc(-c4nnc(C(F)(F)F)o4)cn3)CCC2)cc1.O=C(CNC(=O)C(F)(F)F)c1cnc(CC2(c3ccc(F)cc3)CCC2)nc1. The van der Waals surface area contributed by atoms with Gasteiger partial charge in [-0.05, 0) is 61.1 Å². The van der Waals surface area contributed by atoms with Crippen molar-refractivity contribution in [2.45, 2.75) is 74.5 Å². The molecule has 288 valence electrons. The first-order valence-electron chi connectivity index (χ1n) is 17.0. The van der Waals surface area contributed by atoms with Crippen LogP contribution in [-0.2, 0) is 34.6 Å². The largest absolute Gasteiger partial charge is 0.471 e. The predicted octanol–water partition coefficient (Wildman–Crippen LogP) is 7.49. The van der Waals surface area contributed by atoms with Crippen LogP contribution in [0, 0.1) is 11.6 Å². The molecule has 0 aliphatic heterocycles. The fraction of sp³-hybridized carbons (Fsp3) is 0.351. The molecule has 0 saturated heterocycles. The Morgan fingerprint density at radius 2 is 1.13 bits per heavy atom. The average Bonchev–Trinajstić information content (AvgIpc) is 3.63. The Morgan fingerprint density at radius 1 is 0.673 bits per heavy atom. The van der Waals surface area contributed by atoms with Crippen LogP contribution in [0.4, 0.5) is 35.1 Å². The van der Waals surface area contributed by atoms with Crippen molar-refractivity contribution in [3.05, 3.63) is 119 Å². The third kappa shape index (κ3) is 9.17. The number of rotatable bonds is 10. The maximum atomic E-state index is 13.2. The van der Waals surface area contributed by atoms with Crippen LogP contribution in [0.2, 0.25) is 0 Å². The number of halogens is 8. The van der Waals surface area contributed by atoms with Gasteiger partial charge in [0.15, 0.2) is 5.78 Å². The number of hydrogen-bond acceptors (Lipinski definition) is 9. The number of alkyl halides is 6. The molecule has 0 atom stereocenters. The van der Waals surface area contributed by atoms with E-state index in [9.17, 15) is 44.7 Å². The number of amides is 1. The Balaban J connectivity index is 0.000000187. The van der Waals surface area contributed by atoms with Crippen molar-refractivity contribution in [1.82, 2.24) is 35.5 Å². The second-order valence-electron chi connectivity index (χ2n) is 13.4. The van der Waals surface area contributed by atoms with E-state index < -0.39 is 36.5 Å². The van der Waals surface area contributed by atoms with Crippen LogP contribution in [-0.4, -0.2) is 54.5 Å². The lowest BCUT2D eigenvalue weighted by atomic mass is 9.62. The van der Waals surface area contributed by atoms with Gasteiger partial charge in [-0.2, -0.15) is 26.3 Å². The molecule has 1 N–H and O–H groups in total. The third-order valence-electron chi connectivity index (χ3n) is 9.84. The predicted molar refractivity (Wildman–Crippen MR) is 177 cm³/mol. The van der Waals surface area contributed by atoms with Gasteiger partial charge < -0.3 is 9.73 Å². The van der Waals surface area contributed by atoms with Crippen molar-refractivity contribution < 1.29 is 49.1 Å². The summed E-state index contributed by atoms with van der Waals surface area (Å²) in [4.78, 5) is 39.4. The van der Waals surface area contributed by atoms with E-state index >= 15 is 0 Å². The van der Waals surface area contributed by atoms with E-state index in [1.54, 1.807) is 24.3 Å². The minimum Gasteiger partial charge on any atom is -0.413 e. The van der Waals surface area contributed by atoms with Crippen LogP contribution >= 0.6 is 0 Å². The molecule has 55 heavy (non-hydrogen) atoms. The number of ketones is 1. The monoisotopic (exact) mass is 773 g/mol. The summed E-state index contributed by atoms with van der Waals surface area (Å²) in [6.45, 7) is -0.791. The first-order valence-corrected chi connectivity index (χ1v) is 17.0. The van der Waals surface area contributed by atoms with E-state index in [2.05, 4.69) is 34.6 Å². The molecule has 2 aliphatic rings. The highest BCUT2D eigenvalue weighted by Crippen LogP contribution is 2.47. The minimum absolute atomic E-state index is 0.00988. The molecule has 1 amide bonds. The summed E-state index contributed by atoms with van der Waals surface area (Å²) in [5.41, 5.74) is 1.94. The highest BCUT2D eigenvalue weighted by atomic mass is 19.4. The molecule has 3 aromatic heterocycles. The average molecular weight is 774 g/mol. The number of carbonyl (C=O) groups is 2. The van der Waals surface area contributed by atoms with E-state index in [0.717, 1.165) is 49.7 Å². The van der Waals surface area contributed by atoms with Crippen molar-refractivity contribution in [2.24, 2.45) is 0 Å². The third-order valence-corrected chi connectivity index (χ3v) is 9.84. The zero-order valence-corrected chi connectivity index (χ0v) is 28.7. The van der Waals surface area contributed by atoms with Gasteiger partial charge in [-0.3, -0.25) is 9.59 Å². The van der Waals surface area contributed by atoms with Gasteiger partial charge in [0, 0.05) is 48.5 Å². The Kier molecular flexibility index (Phi) is 11.1. The highest BCUT2D eigenvalue weighted by Gasteiger charge is 2.42. The molecule has 0 bridgehead atoms. The summed E-state index contributed by atoms with van der Waals surface area (Å²) < 4.78 is 105. The number of benzene rings is 2. The summed E-state index contributed by atoms with van der Waals surface area (Å²) in [6, 6.07) is 12.7. The maximum absolute atomic E-state index is 13.2. The van der Waals surface area contributed by atoms with Crippen LogP contribution in [0.1, 0.15) is 77.5 Å². The molecule has 2 aromatic carbocycles. The fourth-order valence-corrected chi connectivity index (χ4v) is 6.52. The molecule has 18 heteroatoms. The smallest absolute Gasteiger partial charge is 0.413 e. The summed E-state index contributed by atoms with van der Waals surface area (Å²) in [6.07, 6.45) is 2.36. The molecule has 5 aromatic rings. The number of hydrogen-bond donors (Lipinski definition) is 1. The molecule has 2 saturated carbocycles. The van der Waals surface area contributed by atoms with Crippen LogP contribution < -0.4 is 5.32 Å². The molecule has 0 radical (unpaired) electrons. The minimum atomic E-state index is -5.04. The molecule has 2 aliphatic carbocycles. The van der Waals surface area contributed by atoms with Gasteiger partial charge in [-0.15, -0.1) is 10.2 Å². The standard InChI is InChI=1S/C19H17F4N3O2.C18H14F4N4O/c20-14-4-2-13(3-5-14)18(6-1-7-18)8-16-24-9-12(10-25-16)15(27)11-26-17(28)19(21,22)23;19-13-4-2-12(3-5-13)17(6-1-7-17)8-14-23-9-11(10-24-14)15-25-26-16(27-15)18(20,21)22/h2-5,9-10H,1,6-8,11H2,(H,26,28);2-5,9-10H,1,6-8H2. The van der Waals surface area contributed by atoms with Gasteiger partial charge in [0.2, 0.25) is 0 Å². The zero-order valence-electron chi connectivity index (χ0n) is 28.7. The van der Waals surface area contributed by atoms with Gasteiger partial charge in [0.05, 0.1) is 17.7 Å². The van der Waals surface area contributed by atoms with Crippen LogP contribution in [0.3, 0.4) is 0 Å². The first-order chi connectivity index (χ1) is 26.1. The highest BCUT2D eigenvalue weighted by molar-refractivity contribution is 5.99. The van der Waals surface area contributed by atoms with Crippen LogP contribution in [0.15, 0.2) is 77.7 Å². The van der Waals surface area contributed by atoms with Gasteiger partial charge in [-0.1, -0.05) is 37.1 Å². The van der Waals surface area contributed by atoms with Gasteiger partial charge in [0.25, 0.3) is 5.89 Å². The van der Waals surface area contributed by atoms with Crippen molar-refractivity contribution in [3.63, 3.8) is 0 Å². The molecule has 0 unspecified atom stereocenters. The van der Waals surface area contributed by atoms with E-state index in [0.29, 0.717) is 24.5 Å². The quantitative estimate of drug-likeness (QED) is 0.113. The van der Waals surface area contributed by atoms with E-state index in [-0.39, 0.29) is 39.5 Å². The van der Waals surface area contributed by atoms with Crippen molar-refractivity contribution in [3.8, 4) is 11.5 Å². The number of nitrogens with zero attached hydrogens (tertiary/aromatic N) is 6. The Hall–Kier alpha value is -5.68. The molecular formula is C37H31F8N7O3. The maximum Gasteiger partial charge on any atom is 0.471 e. The van der Waals surface area contributed by atoms with Gasteiger partial charge in [-0.25, -0.2) is 28.7 Å². The molecule has 10 nitrogen and oxygen atoms in total. The van der Waals surface area contributed by atoms with Crippen LogP contribution in [0.25, 0.3) is 11.5 Å². The van der Waals surface area contributed by atoms with E-state index in [1.165, 1.54) is 54.4 Å². The lowest BCUT2D eigenvalue weighted by molar-refractivity contribution is -0.173. The van der Waals surface area contributed by atoms with Crippen molar-refractivity contribution >= 4 is 11.7 Å². The second-order valence-corrected chi connectivity index (χ2v) is 13.4. The molecular weight excluding hydrogens is 742 g/mol. The summed E-state index contributed by atoms with van der Waals surface area (Å²) >= 11 is 0. The lowest BCUT2D eigenvalue weighted by Gasteiger charge is -2.42. The van der Waals surface area contributed by atoms with Crippen molar-refractivity contribution in [1.29, 1.82) is 0 Å². The van der Waals surface area contributed by atoms with Gasteiger partial charge in [0.1, 0.15) is 23.3 Å².